The number of ether oxygens (including phenoxy) is 3. The monoisotopic (exact) mass is 726 g/mol. The fraction of sp³-hybridized carbons (Fsp3) is 0.361. The van der Waals surface area contributed by atoms with Crippen LogP contribution in [0, 0.1) is 5.92 Å². The SMILES string of the molecule is COc1ccc([C@H](Cc2c(Cl)c[n+](O)cc2Cl)OC(=O)c2ccc(CN3CC(C(=O)O)(c4ccccc4)C3[C@@H]3CCN(C)C3)s2)cc1OC. The van der Waals surface area contributed by atoms with Crippen molar-refractivity contribution in [3.05, 3.63) is 110 Å². The molecule has 2 aliphatic rings. The van der Waals surface area contributed by atoms with Gasteiger partial charge in [-0.3, -0.25) is 14.9 Å². The maximum absolute atomic E-state index is 13.7. The zero-order chi connectivity index (χ0) is 34.9. The number of thiophene rings is 1. The maximum atomic E-state index is 13.7. The number of benzene rings is 2. The van der Waals surface area contributed by atoms with Crippen LogP contribution in [0.5, 0.6) is 11.5 Å². The summed E-state index contributed by atoms with van der Waals surface area (Å²) in [5.74, 6) is -0.164. The molecule has 0 spiro atoms. The lowest BCUT2D eigenvalue weighted by atomic mass is 9.62. The molecule has 2 unspecified atom stereocenters. The topological polar surface area (TPSA) is 113 Å². The van der Waals surface area contributed by atoms with Gasteiger partial charge in [0.05, 0.1) is 14.2 Å². The van der Waals surface area contributed by atoms with Gasteiger partial charge in [-0.2, -0.15) is 0 Å². The first-order valence-electron chi connectivity index (χ1n) is 15.9. The normalized spacial score (nSPS) is 21.6. The van der Waals surface area contributed by atoms with Crippen LogP contribution in [-0.2, 0) is 27.9 Å². The molecule has 2 aromatic carbocycles. The number of methoxy groups -OCH3 is 2. The van der Waals surface area contributed by atoms with Crippen LogP contribution in [0.25, 0.3) is 0 Å². The van der Waals surface area contributed by atoms with E-state index in [1.165, 1.54) is 38.0 Å². The molecule has 0 aliphatic carbocycles. The highest BCUT2D eigenvalue weighted by Gasteiger charge is 2.61. The number of likely N-dealkylation sites (tertiary alicyclic amines) is 2. The number of carboxylic acids is 1. The van der Waals surface area contributed by atoms with Gasteiger partial charge in [-0.1, -0.05) is 59.6 Å². The predicted molar refractivity (Wildman–Crippen MR) is 185 cm³/mol. The number of hydrogen-bond donors (Lipinski definition) is 2. The average Bonchev–Trinajstić information content (AvgIpc) is 3.72. The predicted octanol–water partition coefficient (Wildman–Crippen LogP) is 5.90. The van der Waals surface area contributed by atoms with Gasteiger partial charge in [-0.15, -0.1) is 11.3 Å². The molecule has 2 aromatic heterocycles. The smallest absolute Gasteiger partial charge is 0.348 e. The van der Waals surface area contributed by atoms with Crippen LogP contribution in [0.3, 0.4) is 0 Å². The van der Waals surface area contributed by atoms with Crippen molar-refractivity contribution in [3.63, 3.8) is 0 Å². The fourth-order valence-corrected chi connectivity index (χ4v) is 8.79. The summed E-state index contributed by atoms with van der Waals surface area (Å²) in [6.45, 7) is 2.65. The molecular formula is C36H38Cl2N3O7S+. The van der Waals surface area contributed by atoms with Crippen LogP contribution in [0.2, 0.25) is 10.0 Å². The van der Waals surface area contributed by atoms with E-state index < -0.39 is 23.5 Å². The van der Waals surface area contributed by atoms with E-state index >= 15 is 0 Å². The summed E-state index contributed by atoms with van der Waals surface area (Å²) in [5, 5.41) is 20.9. The highest BCUT2D eigenvalue weighted by atomic mass is 35.5. The minimum atomic E-state index is -1.00. The molecular weight excluding hydrogens is 689 g/mol. The number of pyridine rings is 1. The number of rotatable bonds is 12. The molecule has 49 heavy (non-hydrogen) atoms. The fourth-order valence-electron chi connectivity index (χ4n) is 7.27. The quantitative estimate of drug-likeness (QED) is 0.105. The number of carbonyl (C=O) groups is 2. The highest BCUT2D eigenvalue weighted by molar-refractivity contribution is 7.13. The Balaban J connectivity index is 1.24. The standard InChI is InChI=1S/C36H37Cl2N3O7S/c1-39-14-13-23(17-39)33-36(35(43)44,24-7-5-4-6-8-24)21-40(33)18-25-10-12-32(49-25)34(42)48-30(16-26-27(37)19-41(45)20-28(26)38)22-9-11-29(46-2)31(15-22)47-3/h4-12,15,19-20,23,30,33H,13-14,16-18,21H2,1-3H3,(H-,43,44,45)/p+1/t23-,30+,33?,36?/m1/s1. The molecule has 13 heteroatoms. The molecule has 2 fully saturated rings. The number of carbonyl (C=O) groups excluding carboxylic acids is 1. The summed E-state index contributed by atoms with van der Waals surface area (Å²) < 4.78 is 17.8. The lowest BCUT2D eigenvalue weighted by Crippen LogP contribution is -2.72. The molecule has 258 valence electrons. The van der Waals surface area contributed by atoms with Gasteiger partial charge in [0.1, 0.15) is 26.4 Å². The summed E-state index contributed by atoms with van der Waals surface area (Å²) >= 11 is 14.2. The largest absolute Gasteiger partial charge is 0.493 e. The van der Waals surface area contributed by atoms with Gasteiger partial charge >= 0.3 is 11.9 Å². The second-order valence-electron chi connectivity index (χ2n) is 12.6. The van der Waals surface area contributed by atoms with Crippen molar-refractivity contribution in [3.8, 4) is 11.5 Å². The highest BCUT2D eigenvalue weighted by Crippen LogP contribution is 2.48. The molecule has 4 aromatic rings. The second-order valence-corrected chi connectivity index (χ2v) is 14.6. The van der Waals surface area contributed by atoms with Gasteiger partial charge in [0.2, 0.25) is 12.4 Å². The third kappa shape index (κ3) is 6.95. The van der Waals surface area contributed by atoms with Crippen LogP contribution in [0.1, 0.15) is 43.8 Å². The van der Waals surface area contributed by atoms with Crippen LogP contribution in [-0.4, -0.2) is 79.0 Å². The number of halogens is 2. The second kappa shape index (κ2) is 14.5. The average molecular weight is 728 g/mol. The van der Waals surface area contributed by atoms with Crippen molar-refractivity contribution in [2.45, 2.75) is 36.9 Å². The van der Waals surface area contributed by atoms with Gasteiger partial charge in [-0.05, 0) is 61.3 Å². The number of aromatic nitrogens is 1. The van der Waals surface area contributed by atoms with E-state index in [0.29, 0.717) is 40.6 Å². The Morgan fingerprint density at radius 3 is 2.39 bits per heavy atom. The Hall–Kier alpha value is -3.87. The van der Waals surface area contributed by atoms with Crippen LogP contribution in [0.15, 0.2) is 73.1 Å². The Kier molecular flexibility index (Phi) is 10.4. The molecule has 6 rings (SSSR count). The number of esters is 1. The van der Waals surface area contributed by atoms with Crippen LogP contribution in [0.4, 0.5) is 0 Å². The first-order valence-corrected chi connectivity index (χ1v) is 17.4. The van der Waals surface area contributed by atoms with E-state index in [1.807, 2.05) is 36.4 Å². The lowest BCUT2D eigenvalue weighted by Gasteiger charge is -2.57. The summed E-state index contributed by atoms with van der Waals surface area (Å²) in [5.41, 5.74) is 0.946. The number of aliphatic carboxylic acids is 1. The van der Waals surface area contributed by atoms with E-state index in [0.717, 1.165) is 34.7 Å². The minimum absolute atomic E-state index is 0.125. The number of nitrogens with zero attached hydrogens (tertiary/aromatic N) is 3. The van der Waals surface area contributed by atoms with Crippen molar-refractivity contribution < 1.29 is 38.8 Å². The van der Waals surface area contributed by atoms with Crippen molar-refractivity contribution in [2.75, 3.05) is 40.9 Å². The molecule has 4 atom stereocenters. The summed E-state index contributed by atoms with van der Waals surface area (Å²) in [6, 6.07) is 18.2. The number of carboxylic acid groups (broad SMARTS) is 1. The van der Waals surface area contributed by atoms with Crippen molar-refractivity contribution >= 4 is 46.5 Å². The van der Waals surface area contributed by atoms with E-state index in [9.17, 15) is 19.9 Å². The molecule has 0 radical (unpaired) electrons. The lowest BCUT2D eigenvalue weighted by molar-refractivity contribution is -0.904. The van der Waals surface area contributed by atoms with E-state index in [2.05, 4.69) is 16.8 Å². The molecule has 10 nitrogen and oxygen atoms in total. The molecule has 0 bridgehead atoms. The maximum Gasteiger partial charge on any atom is 0.348 e. The van der Waals surface area contributed by atoms with Gasteiger partial charge in [0.25, 0.3) is 0 Å². The molecule has 0 saturated carbocycles. The van der Waals surface area contributed by atoms with Crippen molar-refractivity contribution in [1.29, 1.82) is 0 Å². The Labute approximate surface area is 298 Å². The summed E-state index contributed by atoms with van der Waals surface area (Å²) in [4.78, 5) is 32.5. The first kappa shape index (κ1) is 35.0. The minimum Gasteiger partial charge on any atom is -0.493 e. The zero-order valence-corrected chi connectivity index (χ0v) is 29.7. The Morgan fingerprint density at radius 2 is 1.76 bits per heavy atom. The summed E-state index contributed by atoms with van der Waals surface area (Å²) in [7, 11) is 5.13. The van der Waals surface area contributed by atoms with Gasteiger partial charge in [0, 0.05) is 47.3 Å². The summed E-state index contributed by atoms with van der Waals surface area (Å²) in [6.07, 6.45) is 2.85. The molecule has 2 aliphatic heterocycles. The molecule has 4 heterocycles. The van der Waals surface area contributed by atoms with Gasteiger partial charge < -0.3 is 24.2 Å². The van der Waals surface area contributed by atoms with E-state index in [1.54, 1.807) is 24.3 Å². The van der Waals surface area contributed by atoms with Gasteiger partial charge in [0.15, 0.2) is 11.5 Å². The molecule has 2 N–H and O–H groups in total. The molecule has 2 saturated heterocycles. The van der Waals surface area contributed by atoms with Crippen LogP contribution >= 0.6 is 34.5 Å². The zero-order valence-electron chi connectivity index (χ0n) is 27.3. The van der Waals surface area contributed by atoms with E-state index in [-0.39, 0.29) is 28.4 Å². The Bertz CT molecular complexity index is 1820. The Morgan fingerprint density at radius 1 is 1.04 bits per heavy atom. The van der Waals surface area contributed by atoms with Gasteiger partial charge in [-0.25, -0.2) is 4.79 Å². The number of hydrogen-bond acceptors (Lipinski definition) is 9. The third-order valence-corrected chi connectivity index (χ3v) is 11.3. The first-order chi connectivity index (χ1) is 23.5. The third-order valence-electron chi connectivity index (χ3n) is 9.60. The van der Waals surface area contributed by atoms with E-state index in [4.69, 9.17) is 37.4 Å². The molecule has 0 amide bonds. The van der Waals surface area contributed by atoms with Crippen molar-refractivity contribution in [1.82, 2.24) is 9.80 Å². The van der Waals surface area contributed by atoms with Crippen LogP contribution < -0.4 is 14.2 Å². The van der Waals surface area contributed by atoms with Crippen molar-refractivity contribution in [2.24, 2.45) is 5.92 Å².